The Kier molecular flexibility index (Phi) is 25.8. The average Bonchev–Trinajstić information content (AvgIpc) is 3.72. The van der Waals surface area contributed by atoms with Gasteiger partial charge in [0.1, 0.15) is 34.7 Å². The number of hydrogen-bond acceptors (Lipinski definition) is 19. The van der Waals surface area contributed by atoms with Gasteiger partial charge in [0.05, 0.1) is 90.5 Å². The Morgan fingerprint density at radius 3 is 1.95 bits per heavy atom. The van der Waals surface area contributed by atoms with E-state index in [4.69, 9.17) is 28.2 Å². The van der Waals surface area contributed by atoms with Crippen LogP contribution in [0.5, 0.6) is 0 Å². The molecule has 2 amide bonds. The molecule has 0 radical (unpaired) electrons. The molecule has 3 heterocycles. The van der Waals surface area contributed by atoms with Crippen molar-refractivity contribution < 1.29 is 141 Å². The first-order valence-corrected chi connectivity index (χ1v) is 28.0. The Labute approximate surface area is 477 Å². The Bertz CT molecular complexity index is 2850. The minimum atomic E-state index is -4.90. The zero-order valence-corrected chi connectivity index (χ0v) is 49.6. The number of rotatable bonds is 28. The summed E-state index contributed by atoms with van der Waals surface area (Å²) < 4.78 is 137. The Morgan fingerprint density at radius 2 is 1.38 bits per heavy atom. The summed E-state index contributed by atoms with van der Waals surface area (Å²) in [6.45, 7) is 12.5. The Hall–Kier alpha value is -2.89. The fourth-order valence-electron chi connectivity index (χ4n) is 8.40. The second-order valence-electron chi connectivity index (χ2n) is 18.3. The summed E-state index contributed by atoms with van der Waals surface area (Å²) in [5.41, 5.74) is 2.00. The van der Waals surface area contributed by atoms with Crippen molar-refractivity contribution in [2.45, 2.75) is 88.9 Å². The fourth-order valence-corrected chi connectivity index (χ4v) is 9.88. The van der Waals surface area contributed by atoms with Crippen LogP contribution in [0.3, 0.4) is 0 Å². The molecule has 74 heavy (non-hydrogen) atoms. The van der Waals surface area contributed by atoms with Gasteiger partial charge in [-0.3, -0.25) is 9.59 Å². The Balaban J connectivity index is 0.00000722. The van der Waals surface area contributed by atoms with Crippen molar-refractivity contribution in [3.8, 4) is 11.3 Å². The van der Waals surface area contributed by atoms with Crippen molar-refractivity contribution >= 4 is 59.9 Å². The molecular weight excluding hydrogens is 1050 g/mol. The van der Waals surface area contributed by atoms with Gasteiger partial charge in [-0.15, -0.1) is 5.06 Å². The summed E-state index contributed by atoms with van der Waals surface area (Å²) in [7, 11) is -13.9. The molecule has 4 aliphatic rings. The number of fused-ring (bicyclic) bond motifs is 2. The van der Waals surface area contributed by atoms with Crippen LogP contribution in [0.2, 0.25) is 0 Å². The van der Waals surface area contributed by atoms with E-state index in [9.17, 15) is 53.3 Å². The number of hydroxylamine groups is 2. The van der Waals surface area contributed by atoms with Crippen LogP contribution in [0.1, 0.15) is 90.0 Å². The fraction of sp³-hybridized carbons (Fsp3) is 0.542. The van der Waals surface area contributed by atoms with Crippen molar-refractivity contribution in [3.05, 3.63) is 82.6 Å². The van der Waals surface area contributed by atoms with Gasteiger partial charge in [-0.2, -0.15) is 0 Å². The maximum Gasteiger partial charge on any atom is 1.00 e. The number of ether oxygens (including phenoxy) is 4. The van der Waals surface area contributed by atoms with Crippen LogP contribution < -0.4 is 73.9 Å². The van der Waals surface area contributed by atoms with Gasteiger partial charge in [-0.05, 0) is 85.7 Å². The minimum absolute atomic E-state index is 0. The van der Waals surface area contributed by atoms with Crippen LogP contribution >= 0.6 is 0 Å². The van der Waals surface area contributed by atoms with E-state index in [-0.39, 0.29) is 162 Å². The summed E-state index contributed by atoms with van der Waals surface area (Å²) in [5.74, 6) is -2.02. The number of amides is 2. The second kappa shape index (κ2) is 29.2. The molecule has 398 valence electrons. The third kappa shape index (κ3) is 19.5. The number of nitrogens with zero attached hydrogens (tertiary/aromatic N) is 3. The number of imide groups is 1. The van der Waals surface area contributed by atoms with E-state index in [0.29, 0.717) is 46.6 Å². The van der Waals surface area contributed by atoms with Gasteiger partial charge in [-0.25, -0.2) is 34.6 Å². The predicted octanol–water partition coefficient (Wildman–Crippen LogP) is -2.61. The minimum Gasteiger partial charge on any atom is -0.748 e. The van der Waals surface area contributed by atoms with Gasteiger partial charge >= 0.3 is 65.1 Å². The summed E-state index contributed by atoms with van der Waals surface area (Å²) in [6, 6.07) is 11.7. The molecule has 21 nitrogen and oxygen atoms in total. The van der Waals surface area contributed by atoms with E-state index < -0.39 is 70.0 Å². The quantitative estimate of drug-likeness (QED) is 0.0237. The number of anilines is 1. The van der Waals surface area contributed by atoms with Crippen molar-refractivity contribution in [3.63, 3.8) is 0 Å². The van der Waals surface area contributed by atoms with E-state index in [1.54, 1.807) is 25.2 Å². The predicted molar refractivity (Wildman–Crippen MR) is 259 cm³/mol. The maximum atomic E-state index is 12.3. The molecular formula is C48H63N3Na2O18S3. The van der Waals surface area contributed by atoms with E-state index in [0.717, 1.165) is 16.5 Å². The summed E-state index contributed by atoms with van der Waals surface area (Å²) in [5, 5.41) is 1.25. The van der Waals surface area contributed by atoms with Gasteiger partial charge in [0.2, 0.25) is 5.36 Å². The van der Waals surface area contributed by atoms with Gasteiger partial charge in [0.25, 0.3) is 11.8 Å². The van der Waals surface area contributed by atoms with Gasteiger partial charge < -0.3 is 46.8 Å². The normalized spacial score (nSPS) is 17.3. The maximum absolute atomic E-state index is 12.3. The smallest absolute Gasteiger partial charge is 0.748 e. The monoisotopic (exact) mass is 1110 g/mol. The molecule has 1 aromatic carbocycles. The molecule has 1 atom stereocenters. The molecule has 26 heteroatoms. The van der Waals surface area contributed by atoms with Crippen molar-refractivity contribution in [1.29, 1.82) is 0 Å². The molecule has 0 bridgehead atoms. The van der Waals surface area contributed by atoms with Gasteiger partial charge in [-0.1, -0.05) is 26.8 Å². The van der Waals surface area contributed by atoms with Crippen LogP contribution in [-0.4, -0.2) is 146 Å². The summed E-state index contributed by atoms with van der Waals surface area (Å²) >= 11 is 0. The molecule has 0 saturated carbocycles. The van der Waals surface area contributed by atoms with Crippen molar-refractivity contribution in [1.82, 2.24) is 9.64 Å². The van der Waals surface area contributed by atoms with Crippen LogP contribution in [0.4, 0.5) is 5.69 Å². The molecule has 3 aliphatic heterocycles. The Morgan fingerprint density at radius 1 is 0.797 bits per heavy atom. The molecule has 1 aliphatic carbocycles. The standard InChI is InChI=1S/C48H65N3O18S3.2Na/c1-6-49(20-9-31-71(58,59)60)35-12-14-38-39(47(2,3)4)33-36(68-42(38)32-35)10-7-11-43-48(5,19-8-30-70(55,56)57)40-34-37(72(61,62)63)13-15-41(40)50(43)21-23-65-25-27-67-29-28-66-26-24-64-22-18-46(54)69-51-44(52)16-17-45(51)53;;/h7,10-15,32-34H,6,8-9,16-31H2,1-5H3,(H2-,55,56,57,58,59,60,61,62,63);;/q;2*+1/p-2. The largest absolute Gasteiger partial charge is 1.00 e. The first-order valence-electron chi connectivity index (χ1n) is 23.5. The average molecular weight is 1110 g/mol. The number of carbonyl (C=O) groups is 3. The molecule has 0 N–H and O–H groups in total. The van der Waals surface area contributed by atoms with Gasteiger partial charge in [0, 0.05) is 65.7 Å². The van der Waals surface area contributed by atoms with E-state index in [2.05, 4.69) is 20.8 Å². The molecule has 1 fully saturated rings. The summed E-state index contributed by atoms with van der Waals surface area (Å²) in [6.07, 6.45) is 5.31. The van der Waals surface area contributed by atoms with Crippen LogP contribution in [0.25, 0.3) is 17.4 Å². The van der Waals surface area contributed by atoms with E-state index in [1.165, 1.54) is 18.2 Å². The topological polar surface area (TPSA) is 292 Å². The summed E-state index contributed by atoms with van der Waals surface area (Å²) in [4.78, 5) is 41.2. The van der Waals surface area contributed by atoms with E-state index >= 15 is 0 Å². The molecule has 5 rings (SSSR count). The SMILES string of the molecule is CC[N+](CCCS(=O)(=O)[O-])=c1ccc2c(C(C)(C)C)cc(/C=C/C=C3/N(CCOCCOCCOCCOCCC(=O)ON4C(=O)CCC4=O)c4ccc(S(=O)(=O)[O-])cc4C3(C)CCCS(=O)(=O)[O-])oc-2c1.[Na+].[Na+]. The van der Waals surface area contributed by atoms with Crippen molar-refractivity contribution in [2.24, 2.45) is 0 Å². The first-order chi connectivity index (χ1) is 33.8. The molecule has 1 unspecified atom stereocenters. The molecule has 0 spiro atoms. The zero-order chi connectivity index (χ0) is 52.9. The molecule has 0 aromatic heterocycles. The number of carbonyl (C=O) groups excluding carboxylic acids is 3. The van der Waals surface area contributed by atoms with E-state index in [1.807, 2.05) is 40.7 Å². The van der Waals surface area contributed by atoms with Crippen molar-refractivity contribution in [2.75, 3.05) is 88.9 Å². The number of allylic oxidation sites excluding steroid dienone is 3. The van der Waals surface area contributed by atoms with Crippen LogP contribution in [0, 0.1) is 0 Å². The molecule has 1 aromatic rings. The second-order valence-corrected chi connectivity index (χ2v) is 22.8. The van der Waals surface area contributed by atoms with Gasteiger partial charge in [0.15, 0.2) is 0 Å². The zero-order valence-electron chi connectivity index (χ0n) is 43.1. The third-order valence-electron chi connectivity index (χ3n) is 12.0. The molecule has 1 saturated heterocycles. The van der Waals surface area contributed by atoms with Crippen LogP contribution in [-0.2, 0) is 79.4 Å². The first kappa shape index (κ1) is 65.4. The van der Waals surface area contributed by atoms with Crippen LogP contribution in [0.15, 0.2) is 69.6 Å². The number of benzene rings is 2. The number of hydrogen-bond donors (Lipinski definition) is 0. The third-order valence-corrected chi connectivity index (χ3v) is 14.4.